The first-order valence-electron chi connectivity index (χ1n) is 6.87. The lowest BCUT2D eigenvalue weighted by atomic mass is 9.98. The van der Waals surface area contributed by atoms with Crippen LogP contribution in [0.2, 0.25) is 0 Å². The summed E-state index contributed by atoms with van der Waals surface area (Å²) in [5.74, 6) is 2.10. The fraction of sp³-hybridized carbons (Fsp3) is 0.562. The van der Waals surface area contributed by atoms with Gasteiger partial charge in [-0.3, -0.25) is 5.01 Å². The van der Waals surface area contributed by atoms with Gasteiger partial charge in [-0.05, 0) is 24.0 Å². The van der Waals surface area contributed by atoms with E-state index in [0.29, 0.717) is 11.8 Å². The second-order valence-corrected chi connectivity index (χ2v) is 5.82. The Hall–Kier alpha value is -1.31. The summed E-state index contributed by atoms with van der Waals surface area (Å²) in [5, 5.41) is 6.49. The van der Waals surface area contributed by atoms with Crippen molar-refractivity contribution >= 4 is 11.9 Å². The maximum absolute atomic E-state index is 4.42. The molecule has 0 aliphatic carbocycles. The van der Waals surface area contributed by atoms with Gasteiger partial charge in [0.15, 0.2) is 0 Å². The van der Waals surface area contributed by atoms with Gasteiger partial charge in [0, 0.05) is 18.7 Å². The summed E-state index contributed by atoms with van der Waals surface area (Å²) in [6.07, 6.45) is 2.07. The Morgan fingerprint density at radius 2 is 1.61 bits per heavy atom. The van der Waals surface area contributed by atoms with Crippen LogP contribution < -0.4 is 5.01 Å². The van der Waals surface area contributed by atoms with Gasteiger partial charge in [0.05, 0.1) is 5.69 Å². The molecule has 1 aliphatic heterocycles. The minimum absolute atomic E-state index is 0.593. The van der Waals surface area contributed by atoms with Crippen LogP contribution in [0.15, 0.2) is 35.4 Å². The van der Waals surface area contributed by atoms with Gasteiger partial charge in [-0.2, -0.15) is 5.10 Å². The van der Waals surface area contributed by atoms with Crippen molar-refractivity contribution in [3.63, 3.8) is 0 Å². The Morgan fingerprint density at radius 1 is 1.06 bits per heavy atom. The van der Waals surface area contributed by atoms with Crippen molar-refractivity contribution in [1.29, 1.82) is 0 Å². The summed E-state index contributed by atoms with van der Waals surface area (Å²) >= 11 is 0. The Balaban J connectivity index is 0.000000357. The van der Waals surface area contributed by atoms with Gasteiger partial charge in [0.1, 0.15) is 0 Å². The fourth-order valence-electron chi connectivity index (χ4n) is 1.62. The molecule has 2 nitrogen and oxygen atoms in total. The third-order valence-electron chi connectivity index (χ3n) is 2.69. The molecule has 0 amide bonds. The predicted molar refractivity (Wildman–Crippen MR) is 81.1 cm³/mol. The highest BCUT2D eigenvalue weighted by atomic mass is 15.5. The monoisotopic (exact) mass is 246 g/mol. The number of anilines is 1. The van der Waals surface area contributed by atoms with Crippen LogP contribution in [0.5, 0.6) is 0 Å². The molecule has 1 heterocycles. The molecule has 0 saturated carbocycles. The highest BCUT2D eigenvalue weighted by Crippen LogP contribution is 2.22. The van der Waals surface area contributed by atoms with Gasteiger partial charge in [-0.15, -0.1) is 0 Å². The average molecular weight is 246 g/mol. The molecule has 2 heteroatoms. The zero-order valence-corrected chi connectivity index (χ0v) is 12.3. The molecule has 0 fully saturated rings. The van der Waals surface area contributed by atoms with E-state index in [-0.39, 0.29) is 0 Å². The Bertz CT molecular complexity index is 352. The molecular formula is C16H26N2. The summed E-state index contributed by atoms with van der Waals surface area (Å²) in [6, 6.07) is 10.3. The van der Waals surface area contributed by atoms with Crippen molar-refractivity contribution in [2.24, 2.45) is 22.9 Å². The van der Waals surface area contributed by atoms with Crippen LogP contribution in [0, 0.1) is 17.8 Å². The molecule has 1 aromatic rings. The smallest absolute Gasteiger partial charge is 0.0594 e. The molecule has 1 aromatic carbocycles. The zero-order chi connectivity index (χ0) is 13.5. The Morgan fingerprint density at radius 3 is 2.06 bits per heavy atom. The van der Waals surface area contributed by atoms with E-state index in [0.717, 1.165) is 12.5 Å². The third kappa shape index (κ3) is 4.91. The van der Waals surface area contributed by atoms with Crippen molar-refractivity contribution in [1.82, 2.24) is 0 Å². The van der Waals surface area contributed by atoms with Crippen LogP contribution in [-0.2, 0) is 0 Å². The molecule has 2 rings (SSSR count). The van der Waals surface area contributed by atoms with Gasteiger partial charge in [0.25, 0.3) is 0 Å². The summed E-state index contributed by atoms with van der Waals surface area (Å²) < 4.78 is 0. The SMILES string of the molecule is CC(C)C.CC(C)C1C=NN(c2ccccc2)C1. The van der Waals surface area contributed by atoms with Crippen LogP contribution in [0.25, 0.3) is 0 Å². The highest BCUT2D eigenvalue weighted by Gasteiger charge is 2.20. The van der Waals surface area contributed by atoms with Crippen LogP contribution in [0.3, 0.4) is 0 Å². The minimum atomic E-state index is 0.593. The van der Waals surface area contributed by atoms with Crippen molar-refractivity contribution in [3.8, 4) is 0 Å². The second kappa shape index (κ2) is 7.20. The first-order chi connectivity index (χ1) is 8.50. The Labute approximate surface area is 112 Å². The first kappa shape index (κ1) is 14.7. The maximum Gasteiger partial charge on any atom is 0.0594 e. The Kier molecular flexibility index (Phi) is 5.90. The highest BCUT2D eigenvalue weighted by molar-refractivity contribution is 5.68. The molecule has 18 heavy (non-hydrogen) atoms. The van der Waals surface area contributed by atoms with Crippen LogP contribution >= 0.6 is 0 Å². The van der Waals surface area contributed by atoms with Gasteiger partial charge >= 0.3 is 0 Å². The standard InChI is InChI=1S/C12H16N2.C4H10/c1-10(2)11-8-13-14(9-11)12-6-4-3-5-7-12;1-4(2)3/h3-8,10-11H,9H2,1-2H3;4H,1-3H3. The van der Waals surface area contributed by atoms with Gasteiger partial charge < -0.3 is 0 Å². The van der Waals surface area contributed by atoms with E-state index in [1.807, 2.05) is 18.2 Å². The van der Waals surface area contributed by atoms with Crippen molar-refractivity contribution in [3.05, 3.63) is 30.3 Å². The first-order valence-corrected chi connectivity index (χ1v) is 6.87. The summed E-state index contributed by atoms with van der Waals surface area (Å²) in [6.45, 7) is 12.0. The molecular weight excluding hydrogens is 220 g/mol. The van der Waals surface area contributed by atoms with Crippen molar-refractivity contribution < 1.29 is 0 Å². The van der Waals surface area contributed by atoms with E-state index in [1.54, 1.807) is 0 Å². The van der Waals surface area contributed by atoms with Gasteiger partial charge in [0.2, 0.25) is 0 Å². The molecule has 1 atom stereocenters. The largest absolute Gasteiger partial charge is 0.265 e. The van der Waals surface area contributed by atoms with Crippen LogP contribution in [0.4, 0.5) is 5.69 Å². The number of hydrogen-bond acceptors (Lipinski definition) is 2. The molecule has 0 aromatic heterocycles. The van der Waals surface area contributed by atoms with Crippen molar-refractivity contribution in [2.45, 2.75) is 34.6 Å². The van der Waals surface area contributed by atoms with E-state index in [9.17, 15) is 0 Å². The van der Waals surface area contributed by atoms with E-state index in [2.05, 4.69) is 63.1 Å². The molecule has 0 spiro atoms. The number of hydrazone groups is 1. The number of para-hydroxylation sites is 1. The maximum atomic E-state index is 4.42. The molecule has 0 bridgehead atoms. The molecule has 1 unspecified atom stereocenters. The second-order valence-electron chi connectivity index (χ2n) is 5.82. The topological polar surface area (TPSA) is 15.6 Å². The summed E-state index contributed by atoms with van der Waals surface area (Å²) in [5.41, 5.74) is 1.19. The fourth-order valence-corrected chi connectivity index (χ4v) is 1.62. The average Bonchev–Trinajstić information content (AvgIpc) is 2.79. The quantitative estimate of drug-likeness (QED) is 0.754. The summed E-state index contributed by atoms with van der Waals surface area (Å²) in [4.78, 5) is 0. The number of benzene rings is 1. The third-order valence-corrected chi connectivity index (χ3v) is 2.69. The van der Waals surface area contributed by atoms with E-state index >= 15 is 0 Å². The lowest BCUT2D eigenvalue weighted by molar-refractivity contribution is 0.518. The molecule has 1 aliphatic rings. The van der Waals surface area contributed by atoms with Crippen LogP contribution in [-0.4, -0.2) is 12.8 Å². The number of hydrogen-bond donors (Lipinski definition) is 0. The lowest BCUT2D eigenvalue weighted by Gasteiger charge is -2.17. The predicted octanol–water partition coefficient (Wildman–Crippen LogP) is 4.43. The molecule has 0 saturated heterocycles. The zero-order valence-electron chi connectivity index (χ0n) is 12.3. The molecule has 0 N–H and O–H groups in total. The normalized spacial score (nSPS) is 18.2. The van der Waals surface area contributed by atoms with E-state index in [4.69, 9.17) is 0 Å². The molecule has 100 valence electrons. The van der Waals surface area contributed by atoms with Crippen molar-refractivity contribution in [2.75, 3.05) is 11.6 Å². The number of nitrogens with zero attached hydrogens (tertiary/aromatic N) is 2. The number of rotatable bonds is 2. The lowest BCUT2D eigenvalue weighted by Crippen LogP contribution is -2.20. The van der Waals surface area contributed by atoms with Gasteiger partial charge in [-0.1, -0.05) is 52.8 Å². The van der Waals surface area contributed by atoms with Crippen LogP contribution in [0.1, 0.15) is 34.6 Å². The van der Waals surface area contributed by atoms with E-state index in [1.165, 1.54) is 5.69 Å². The molecule has 0 radical (unpaired) electrons. The van der Waals surface area contributed by atoms with E-state index < -0.39 is 0 Å². The summed E-state index contributed by atoms with van der Waals surface area (Å²) in [7, 11) is 0. The van der Waals surface area contributed by atoms with Gasteiger partial charge in [-0.25, -0.2) is 0 Å². The minimum Gasteiger partial charge on any atom is -0.265 e.